The molecule has 0 atom stereocenters. The maximum Gasteiger partial charge on any atom is 0.146 e. The number of fused-ring (bicyclic) bond motifs is 1. The van der Waals surface area contributed by atoms with Crippen molar-refractivity contribution < 1.29 is 4.74 Å². The molecule has 0 saturated heterocycles. The number of hydrogen-bond donors (Lipinski definition) is 1. The quantitative estimate of drug-likeness (QED) is 0.702. The highest BCUT2D eigenvalue weighted by Crippen LogP contribution is 2.36. The van der Waals surface area contributed by atoms with E-state index in [4.69, 9.17) is 33.7 Å². The maximum atomic E-state index is 6.16. The fraction of sp³-hybridized carbons (Fsp3) is 0.0588. The lowest BCUT2D eigenvalue weighted by Gasteiger charge is -2.12. The predicted molar refractivity (Wildman–Crippen MR) is 88.4 cm³/mol. The molecule has 0 aliphatic carbocycles. The van der Waals surface area contributed by atoms with Gasteiger partial charge in [-0.15, -0.1) is 0 Å². The molecule has 0 amide bonds. The molecule has 3 aromatic carbocycles. The smallest absolute Gasteiger partial charge is 0.146 e. The van der Waals surface area contributed by atoms with Crippen LogP contribution in [0, 0.1) is 0 Å². The summed E-state index contributed by atoms with van der Waals surface area (Å²) in [5.41, 5.74) is 6.87. The van der Waals surface area contributed by atoms with Crippen molar-refractivity contribution in [2.45, 2.75) is 6.54 Å². The Labute approximate surface area is 133 Å². The Morgan fingerprint density at radius 3 is 2.29 bits per heavy atom. The van der Waals surface area contributed by atoms with Crippen molar-refractivity contribution in [2.24, 2.45) is 5.73 Å². The van der Waals surface area contributed by atoms with Crippen molar-refractivity contribution in [3.05, 3.63) is 70.2 Å². The molecular formula is C17H13Cl2NO. The highest BCUT2D eigenvalue weighted by Gasteiger charge is 2.09. The van der Waals surface area contributed by atoms with Gasteiger partial charge >= 0.3 is 0 Å². The Kier molecular flexibility index (Phi) is 4.02. The molecule has 0 radical (unpaired) electrons. The molecule has 0 aliphatic heterocycles. The number of rotatable bonds is 3. The van der Waals surface area contributed by atoms with E-state index in [1.807, 2.05) is 36.4 Å². The Hall–Kier alpha value is -1.74. The SMILES string of the molecule is NCc1ccc(Oc2ccc(Cl)cc2Cl)c2ccccc12. The second-order valence-electron chi connectivity index (χ2n) is 4.65. The molecule has 4 heteroatoms. The summed E-state index contributed by atoms with van der Waals surface area (Å²) in [6.07, 6.45) is 0. The molecule has 0 saturated carbocycles. The van der Waals surface area contributed by atoms with Gasteiger partial charge < -0.3 is 10.5 Å². The summed E-state index contributed by atoms with van der Waals surface area (Å²) in [7, 11) is 0. The molecule has 0 aromatic heterocycles. The lowest BCUT2D eigenvalue weighted by Crippen LogP contribution is -1.98. The molecule has 0 spiro atoms. The summed E-state index contributed by atoms with van der Waals surface area (Å²) in [6.45, 7) is 0.489. The van der Waals surface area contributed by atoms with E-state index in [9.17, 15) is 0 Å². The van der Waals surface area contributed by atoms with Crippen LogP contribution in [0.2, 0.25) is 10.0 Å². The first-order chi connectivity index (χ1) is 10.2. The Balaban J connectivity index is 2.09. The van der Waals surface area contributed by atoms with Crippen LogP contribution in [0.5, 0.6) is 11.5 Å². The zero-order chi connectivity index (χ0) is 14.8. The summed E-state index contributed by atoms with van der Waals surface area (Å²) < 4.78 is 5.95. The predicted octanol–water partition coefficient (Wildman–Crippen LogP) is 5.40. The van der Waals surface area contributed by atoms with E-state index in [0.29, 0.717) is 22.3 Å². The van der Waals surface area contributed by atoms with Crippen LogP contribution in [0.1, 0.15) is 5.56 Å². The molecule has 106 valence electrons. The highest BCUT2D eigenvalue weighted by atomic mass is 35.5. The summed E-state index contributed by atoms with van der Waals surface area (Å²) in [6, 6.07) is 17.1. The molecule has 0 heterocycles. The molecule has 2 N–H and O–H groups in total. The van der Waals surface area contributed by atoms with E-state index in [0.717, 1.165) is 22.1 Å². The molecule has 0 aliphatic rings. The molecule has 3 aromatic rings. The number of benzene rings is 3. The number of ether oxygens (including phenoxy) is 1. The first-order valence-corrected chi connectivity index (χ1v) is 7.28. The van der Waals surface area contributed by atoms with Gasteiger partial charge in [-0.25, -0.2) is 0 Å². The van der Waals surface area contributed by atoms with Gasteiger partial charge in [-0.05, 0) is 35.2 Å². The number of nitrogens with two attached hydrogens (primary N) is 1. The third-order valence-corrected chi connectivity index (χ3v) is 3.84. The maximum absolute atomic E-state index is 6.16. The van der Waals surface area contributed by atoms with Gasteiger partial charge in [0.05, 0.1) is 5.02 Å². The second kappa shape index (κ2) is 5.94. The number of halogens is 2. The van der Waals surface area contributed by atoms with E-state index >= 15 is 0 Å². The van der Waals surface area contributed by atoms with Crippen LogP contribution in [0.3, 0.4) is 0 Å². The molecule has 0 unspecified atom stereocenters. The van der Waals surface area contributed by atoms with Crippen LogP contribution in [-0.2, 0) is 6.54 Å². The zero-order valence-corrected chi connectivity index (χ0v) is 12.7. The summed E-state index contributed by atoms with van der Waals surface area (Å²) in [4.78, 5) is 0. The fourth-order valence-electron chi connectivity index (χ4n) is 2.28. The Morgan fingerprint density at radius 1 is 0.857 bits per heavy atom. The number of hydrogen-bond acceptors (Lipinski definition) is 2. The molecule has 0 bridgehead atoms. The summed E-state index contributed by atoms with van der Waals surface area (Å²) >= 11 is 12.1. The van der Waals surface area contributed by atoms with Crippen molar-refractivity contribution in [2.75, 3.05) is 0 Å². The van der Waals surface area contributed by atoms with Crippen molar-refractivity contribution in [3.63, 3.8) is 0 Å². The van der Waals surface area contributed by atoms with Gasteiger partial charge in [0.15, 0.2) is 0 Å². The minimum atomic E-state index is 0.481. The van der Waals surface area contributed by atoms with E-state index in [1.54, 1.807) is 18.2 Å². The van der Waals surface area contributed by atoms with E-state index in [2.05, 4.69) is 0 Å². The van der Waals surface area contributed by atoms with E-state index in [-0.39, 0.29) is 0 Å². The molecule has 3 rings (SSSR count). The highest BCUT2D eigenvalue weighted by molar-refractivity contribution is 6.35. The average molecular weight is 318 g/mol. The lowest BCUT2D eigenvalue weighted by atomic mass is 10.0. The third kappa shape index (κ3) is 2.84. The van der Waals surface area contributed by atoms with Crippen LogP contribution in [0.15, 0.2) is 54.6 Å². The Bertz CT molecular complexity index is 802. The van der Waals surface area contributed by atoms with Gasteiger partial charge in [0.2, 0.25) is 0 Å². The minimum absolute atomic E-state index is 0.481. The fourth-order valence-corrected chi connectivity index (χ4v) is 2.72. The van der Waals surface area contributed by atoms with Crippen molar-refractivity contribution in [1.82, 2.24) is 0 Å². The van der Waals surface area contributed by atoms with Gasteiger partial charge in [0, 0.05) is 17.0 Å². The van der Waals surface area contributed by atoms with Crippen molar-refractivity contribution in [3.8, 4) is 11.5 Å². The Morgan fingerprint density at radius 2 is 1.57 bits per heavy atom. The van der Waals surface area contributed by atoms with Crippen molar-refractivity contribution in [1.29, 1.82) is 0 Å². The molecule has 0 fully saturated rings. The van der Waals surface area contributed by atoms with Crippen molar-refractivity contribution >= 4 is 34.0 Å². The second-order valence-corrected chi connectivity index (χ2v) is 5.49. The topological polar surface area (TPSA) is 35.2 Å². The summed E-state index contributed by atoms with van der Waals surface area (Å²) in [5, 5.41) is 3.15. The first kappa shape index (κ1) is 14.2. The van der Waals surface area contributed by atoms with E-state index < -0.39 is 0 Å². The lowest BCUT2D eigenvalue weighted by molar-refractivity contribution is 0.488. The van der Waals surface area contributed by atoms with Gasteiger partial charge in [-0.1, -0.05) is 53.5 Å². The van der Waals surface area contributed by atoms with Crippen LogP contribution >= 0.6 is 23.2 Å². The monoisotopic (exact) mass is 317 g/mol. The van der Waals surface area contributed by atoms with Gasteiger partial charge in [0.1, 0.15) is 11.5 Å². The first-order valence-electron chi connectivity index (χ1n) is 6.52. The van der Waals surface area contributed by atoms with Crippen LogP contribution < -0.4 is 10.5 Å². The van der Waals surface area contributed by atoms with Gasteiger partial charge in [0.25, 0.3) is 0 Å². The van der Waals surface area contributed by atoms with Crippen LogP contribution in [0.4, 0.5) is 0 Å². The van der Waals surface area contributed by atoms with Crippen LogP contribution in [-0.4, -0.2) is 0 Å². The zero-order valence-electron chi connectivity index (χ0n) is 11.1. The standard InChI is InChI=1S/C17H13Cl2NO/c18-12-6-8-17(15(19)9-12)21-16-7-5-11(10-20)13-3-1-2-4-14(13)16/h1-9H,10,20H2. The molecule has 2 nitrogen and oxygen atoms in total. The molecule has 21 heavy (non-hydrogen) atoms. The third-order valence-electron chi connectivity index (χ3n) is 3.31. The average Bonchev–Trinajstić information content (AvgIpc) is 2.50. The molecular weight excluding hydrogens is 305 g/mol. The summed E-state index contributed by atoms with van der Waals surface area (Å²) in [5.74, 6) is 1.32. The van der Waals surface area contributed by atoms with E-state index in [1.165, 1.54) is 0 Å². The minimum Gasteiger partial charge on any atom is -0.455 e. The van der Waals surface area contributed by atoms with Gasteiger partial charge in [-0.3, -0.25) is 0 Å². The van der Waals surface area contributed by atoms with Crippen LogP contribution in [0.25, 0.3) is 10.8 Å². The van der Waals surface area contributed by atoms with Gasteiger partial charge in [-0.2, -0.15) is 0 Å². The normalized spacial score (nSPS) is 10.8. The largest absolute Gasteiger partial charge is 0.455 e.